The number of hydrogen-bond acceptors (Lipinski definition) is 2. The number of rotatable bonds is 4. The topological polar surface area (TPSA) is 46.3 Å². The van der Waals surface area contributed by atoms with Crippen molar-refractivity contribution in [1.29, 1.82) is 0 Å². The first-order chi connectivity index (χ1) is 9.61. The molecule has 0 fully saturated rings. The van der Waals surface area contributed by atoms with Crippen LogP contribution in [-0.2, 0) is 17.8 Å². The number of amides is 1. The van der Waals surface area contributed by atoms with Gasteiger partial charge in [-0.2, -0.15) is 0 Å². The Morgan fingerprint density at radius 1 is 1.10 bits per heavy atom. The lowest BCUT2D eigenvalue weighted by Gasteiger charge is -2.18. The monoisotopic (exact) mass is 272 g/mol. The molecule has 104 valence electrons. The molecule has 0 saturated heterocycles. The number of halogens is 1. The Morgan fingerprint density at radius 3 is 2.30 bits per heavy atom. The van der Waals surface area contributed by atoms with Crippen molar-refractivity contribution in [3.63, 3.8) is 0 Å². The highest BCUT2D eigenvalue weighted by Crippen LogP contribution is 2.18. The molecule has 0 atom stereocenters. The van der Waals surface area contributed by atoms with E-state index in [4.69, 9.17) is 5.73 Å². The second-order valence-corrected chi connectivity index (χ2v) is 4.60. The van der Waals surface area contributed by atoms with Crippen LogP contribution in [0.4, 0.5) is 10.1 Å². The fourth-order valence-corrected chi connectivity index (χ4v) is 1.94. The normalized spacial score (nSPS) is 10.3. The standard InChI is InChI=1S/C16H17FN2O/c1-19(15-5-3-2-4-14(15)17)16(20)10-12-6-8-13(11-18)9-7-12/h2-9H,10-11,18H2,1H3. The molecular formula is C16H17FN2O. The van der Waals surface area contributed by atoms with Crippen LogP contribution in [0.25, 0.3) is 0 Å². The van der Waals surface area contributed by atoms with Gasteiger partial charge in [0.2, 0.25) is 5.91 Å². The molecule has 0 bridgehead atoms. The SMILES string of the molecule is CN(C(=O)Cc1ccc(CN)cc1)c1ccccc1F. The molecular weight excluding hydrogens is 255 g/mol. The number of nitrogens with two attached hydrogens (primary N) is 1. The van der Waals surface area contributed by atoms with Crippen molar-refractivity contribution in [1.82, 2.24) is 0 Å². The van der Waals surface area contributed by atoms with Gasteiger partial charge in [-0.3, -0.25) is 4.79 Å². The minimum atomic E-state index is -0.401. The van der Waals surface area contributed by atoms with Crippen molar-refractivity contribution in [3.8, 4) is 0 Å². The first-order valence-corrected chi connectivity index (χ1v) is 6.41. The first-order valence-electron chi connectivity index (χ1n) is 6.41. The van der Waals surface area contributed by atoms with Crippen LogP contribution in [0.1, 0.15) is 11.1 Å². The lowest BCUT2D eigenvalue weighted by atomic mass is 10.1. The maximum atomic E-state index is 13.6. The van der Waals surface area contributed by atoms with Crippen LogP contribution in [0.2, 0.25) is 0 Å². The van der Waals surface area contributed by atoms with E-state index >= 15 is 0 Å². The average molecular weight is 272 g/mol. The molecule has 0 aliphatic heterocycles. The molecule has 4 heteroatoms. The van der Waals surface area contributed by atoms with Gasteiger partial charge in [-0.25, -0.2) is 4.39 Å². The summed E-state index contributed by atoms with van der Waals surface area (Å²) in [6.45, 7) is 0.476. The highest BCUT2D eigenvalue weighted by Gasteiger charge is 2.14. The zero-order valence-electron chi connectivity index (χ0n) is 11.3. The molecule has 2 N–H and O–H groups in total. The van der Waals surface area contributed by atoms with Crippen LogP contribution in [0, 0.1) is 5.82 Å². The minimum absolute atomic E-state index is 0.157. The van der Waals surface area contributed by atoms with Gasteiger partial charge in [0, 0.05) is 13.6 Å². The predicted octanol–water partition coefficient (Wildman–Crippen LogP) is 2.49. The molecule has 1 amide bonds. The van der Waals surface area contributed by atoms with Crippen LogP contribution >= 0.6 is 0 Å². The van der Waals surface area contributed by atoms with E-state index in [1.54, 1.807) is 25.2 Å². The third-order valence-electron chi connectivity index (χ3n) is 3.20. The molecule has 20 heavy (non-hydrogen) atoms. The smallest absolute Gasteiger partial charge is 0.231 e. The molecule has 0 aliphatic rings. The van der Waals surface area contributed by atoms with Gasteiger partial charge in [0.25, 0.3) is 0 Å². The third kappa shape index (κ3) is 3.22. The van der Waals surface area contributed by atoms with E-state index in [0.29, 0.717) is 6.54 Å². The van der Waals surface area contributed by atoms with Gasteiger partial charge < -0.3 is 10.6 Å². The summed E-state index contributed by atoms with van der Waals surface area (Å²) >= 11 is 0. The maximum absolute atomic E-state index is 13.6. The highest BCUT2D eigenvalue weighted by atomic mass is 19.1. The van der Waals surface area contributed by atoms with Crippen LogP contribution in [-0.4, -0.2) is 13.0 Å². The zero-order valence-corrected chi connectivity index (χ0v) is 11.3. The summed E-state index contributed by atoms with van der Waals surface area (Å²) in [5, 5.41) is 0. The number of carbonyl (C=O) groups is 1. The van der Waals surface area contributed by atoms with Gasteiger partial charge in [0.05, 0.1) is 12.1 Å². The van der Waals surface area contributed by atoms with E-state index in [1.165, 1.54) is 11.0 Å². The predicted molar refractivity (Wildman–Crippen MR) is 77.8 cm³/mol. The molecule has 3 nitrogen and oxygen atoms in total. The lowest BCUT2D eigenvalue weighted by molar-refractivity contribution is -0.117. The maximum Gasteiger partial charge on any atom is 0.231 e. The number of nitrogens with zero attached hydrogens (tertiary/aromatic N) is 1. The molecule has 0 aromatic heterocycles. The Bertz CT molecular complexity index is 596. The van der Waals surface area contributed by atoms with Gasteiger partial charge in [-0.05, 0) is 23.3 Å². The van der Waals surface area contributed by atoms with Crippen molar-refractivity contribution < 1.29 is 9.18 Å². The summed E-state index contributed by atoms with van der Waals surface area (Å²) in [7, 11) is 1.58. The van der Waals surface area contributed by atoms with Crippen molar-refractivity contribution in [3.05, 3.63) is 65.5 Å². The third-order valence-corrected chi connectivity index (χ3v) is 3.20. The number of benzene rings is 2. The summed E-state index contributed by atoms with van der Waals surface area (Å²) < 4.78 is 13.6. The lowest BCUT2D eigenvalue weighted by Crippen LogP contribution is -2.28. The summed E-state index contributed by atoms with van der Waals surface area (Å²) in [6, 6.07) is 13.8. The van der Waals surface area contributed by atoms with Crippen molar-refractivity contribution in [2.75, 3.05) is 11.9 Å². The Labute approximate surface area is 117 Å². The fraction of sp³-hybridized carbons (Fsp3) is 0.188. The van der Waals surface area contributed by atoms with E-state index in [9.17, 15) is 9.18 Å². The van der Waals surface area contributed by atoms with E-state index in [1.807, 2.05) is 24.3 Å². The van der Waals surface area contributed by atoms with Gasteiger partial charge in [-0.15, -0.1) is 0 Å². The van der Waals surface area contributed by atoms with Gasteiger partial charge in [0.1, 0.15) is 5.82 Å². The summed E-state index contributed by atoms with van der Waals surface area (Å²) in [4.78, 5) is 13.5. The highest BCUT2D eigenvalue weighted by molar-refractivity contribution is 5.94. The molecule has 0 spiro atoms. The van der Waals surface area contributed by atoms with E-state index in [0.717, 1.165) is 11.1 Å². The van der Waals surface area contributed by atoms with Gasteiger partial charge >= 0.3 is 0 Å². The summed E-state index contributed by atoms with van der Waals surface area (Å²) in [5.41, 5.74) is 7.72. The van der Waals surface area contributed by atoms with E-state index < -0.39 is 5.82 Å². The Morgan fingerprint density at radius 2 is 1.70 bits per heavy atom. The molecule has 2 aromatic carbocycles. The largest absolute Gasteiger partial charge is 0.326 e. The van der Waals surface area contributed by atoms with E-state index in [2.05, 4.69) is 0 Å². The quantitative estimate of drug-likeness (QED) is 0.929. The number of hydrogen-bond donors (Lipinski definition) is 1. The van der Waals surface area contributed by atoms with Gasteiger partial charge in [-0.1, -0.05) is 36.4 Å². The average Bonchev–Trinajstić information content (AvgIpc) is 2.48. The second kappa shape index (κ2) is 6.30. The van der Waals surface area contributed by atoms with Crippen LogP contribution < -0.4 is 10.6 Å². The Balaban J connectivity index is 2.09. The molecule has 0 unspecified atom stereocenters. The molecule has 0 radical (unpaired) electrons. The molecule has 0 aliphatic carbocycles. The number of likely N-dealkylation sites (N-methyl/N-ethyl adjacent to an activating group) is 1. The van der Waals surface area contributed by atoms with Crippen LogP contribution in [0.5, 0.6) is 0 Å². The molecule has 2 rings (SSSR count). The number of carbonyl (C=O) groups excluding carboxylic acids is 1. The zero-order chi connectivity index (χ0) is 14.5. The van der Waals surface area contributed by atoms with Crippen LogP contribution in [0.15, 0.2) is 48.5 Å². The fourth-order valence-electron chi connectivity index (χ4n) is 1.94. The van der Waals surface area contributed by atoms with Gasteiger partial charge in [0.15, 0.2) is 0 Å². The summed E-state index contributed by atoms with van der Waals surface area (Å²) in [6.07, 6.45) is 0.232. The van der Waals surface area contributed by atoms with E-state index in [-0.39, 0.29) is 18.0 Å². The minimum Gasteiger partial charge on any atom is -0.326 e. The molecule has 0 saturated carbocycles. The Hall–Kier alpha value is -2.20. The van der Waals surface area contributed by atoms with Crippen molar-refractivity contribution in [2.24, 2.45) is 5.73 Å². The van der Waals surface area contributed by atoms with Crippen molar-refractivity contribution >= 4 is 11.6 Å². The van der Waals surface area contributed by atoms with Crippen molar-refractivity contribution in [2.45, 2.75) is 13.0 Å². The molecule has 0 heterocycles. The number of anilines is 1. The molecule has 2 aromatic rings. The number of para-hydroxylation sites is 1. The summed E-state index contributed by atoms with van der Waals surface area (Å²) in [5.74, 6) is -0.558. The van der Waals surface area contributed by atoms with Crippen LogP contribution in [0.3, 0.4) is 0 Å². The Kier molecular flexibility index (Phi) is 4.48. The first kappa shape index (κ1) is 14.2. The second-order valence-electron chi connectivity index (χ2n) is 4.60.